The molecule has 0 aliphatic heterocycles. The first-order valence-corrected chi connectivity index (χ1v) is 14.0. The molecule has 0 aromatic heterocycles. The summed E-state index contributed by atoms with van der Waals surface area (Å²) >= 11 is 0. The summed E-state index contributed by atoms with van der Waals surface area (Å²) < 4.78 is 49.7. The van der Waals surface area contributed by atoms with Gasteiger partial charge in [-0.15, -0.1) is 0 Å². The first kappa shape index (κ1) is 27.3. The predicted octanol–water partition coefficient (Wildman–Crippen LogP) is 9.81. The Hall–Kier alpha value is -2.75. The fourth-order valence-electron chi connectivity index (χ4n) is 5.66. The summed E-state index contributed by atoms with van der Waals surface area (Å²) in [6.45, 7) is 4.48. The van der Waals surface area contributed by atoms with Gasteiger partial charge in [-0.25, -0.2) is 13.2 Å². The van der Waals surface area contributed by atoms with Crippen LogP contribution in [0.25, 0.3) is 11.1 Å². The molecule has 0 radical (unpaired) electrons. The van der Waals surface area contributed by atoms with E-state index in [2.05, 4.69) is 6.92 Å². The van der Waals surface area contributed by atoms with Crippen LogP contribution in [0.4, 0.5) is 13.2 Å². The summed E-state index contributed by atoms with van der Waals surface area (Å²) in [7, 11) is 0. The Kier molecular flexibility index (Phi) is 9.71. The first-order valence-electron chi connectivity index (χ1n) is 14.0. The quantitative estimate of drug-likeness (QED) is 0.234. The van der Waals surface area contributed by atoms with Crippen LogP contribution >= 0.6 is 0 Å². The lowest BCUT2D eigenvalue weighted by Gasteiger charge is -2.29. The number of aryl methyl sites for hydroxylation is 2. The highest BCUT2D eigenvalue weighted by Crippen LogP contribution is 2.40. The lowest BCUT2D eigenvalue weighted by molar-refractivity contribution is 0.298. The standard InChI is InChI=1S/C33H39F3O/c1-3-5-6-7-23-10-15-26(16-11-23)28-19-20-29(33(36)32(28)35)27-17-12-24(13-18-27)8-9-25-14-21-31(37-4-2)30(34)22-25/h12-14,17-23,26H,3-11,15-16H2,1-2H3. The SMILES string of the molecule is CCCCCC1CCC(c2ccc(-c3ccc(CCc4ccc(OCC)c(F)c4)cc3)c(F)c2F)CC1. The first-order chi connectivity index (χ1) is 18.0. The summed E-state index contributed by atoms with van der Waals surface area (Å²) in [5.74, 6) is -0.668. The second-order valence-electron chi connectivity index (χ2n) is 10.4. The molecule has 1 fully saturated rings. The summed E-state index contributed by atoms with van der Waals surface area (Å²) in [4.78, 5) is 0. The Morgan fingerprint density at radius 2 is 1.46 bits per heavy atom. The monoisotopic (exact) mass is 508 g/mol. The van der Waals surface area contributed by atoms with Gasteiger partial charge in [0, 0.05) is 5.56 Å². The Bertz CT molecular complexity index is 1150. The van der Waals surface area contributed by atoms with Crippen molar-refractivity contribution in [3.8, 4) is 16.9 Å². The molecule has 1 saturated carbocycles. The van der Waals surface area contributed by atoms with Crippen molar-refractivity contribution in [3.63, 3.8) is 0 Å². The van der Waals surface area contributed by atoms with Crippen molar-refractivity contribution >= 4 is 0 Å². The second kappa shape index (κ2) is 13.2. The molecule has 3 aromatic rings. The Balaban J connectivity index is 1.37. The zero-order valence-electron chi connectivity index (χ0n) is 22.2. The summed E-state index contributed by atoms with van der Waals surface area (Å²) in [5, 5.41) is 0. The van der Waals surface area contributed by atoms with Crippen molar-refractivity contribution < 1.29 is 17.9 Å². The van der Waals surface area contributed by atoms with E-state index in [9.17, 15) is 4.39 Å². The molecular formula is C33H39F3O. The molecule has 198 valence electrons. The molecule has 37 heavy (non-hydrogen) atoms. The topological polar surface area (TPSA) is 9.23 Å². The van der Waals surface area contributed by atoms with Crippen molar-refractivity contribution in [3.05, 3.63) is 88.7 Å². The van der Waals surface area contributed by atoms with Crippen molar-refractivity contribution in [2.45, 2.75) is 84.0 Å². The molecule has 0 bridgehead atoms. The molecule has 1 nitrogen and oxygen atoms in total. The maximum atomic E-state index is 15.2. The van der Waals surface area contributed by atoms with Gasteiger partial charge in [0.05, 0.1) is 6.61 Å². The van der Waals surface area contributed by atoms with Crippen LogP contribution in [0, 0.1) is 23.4 Å². The van der Waals surface area contributed by atoms with E-state index >= 15 is 8.78 Å². The second-order valence-corrected chi connectivity index (χ2v) is 10.4. The van der Waals surface area contributed by atoms with Gasteiger partial charge in [-0.05, 0) is 91.7 Å². The summed E-state index contributed by atoms with van der Waals surface area (Å²) in [6, 6.07) is 16.1. The predicted molar refractivity (Wildman–Crippen MR) is 146 cm³/mol. The maximum absolute atomic E-state index is 15.2. The Labute approximate surface area is 220 Å². The van der Waals surface area contributed by atoms with Crippen LogP contribution in [0.15, 0.2) is 54.6 Å². The molecule has 0 saturated heterocycles. The number of hydrogen-bond donors (Lipinski definition) is 0. The van der Waals surface area contributed by atoms with Crippen LogP contribution < -0.4 is 4.74 Å². The minimum absolute atomic E-state index is 0.112. The van der Waals surface area contributed by atoms with E-state index in [1.165, 1.54) is 31.7 Å². The van der Waals surface area contributed by atoms with Crippen LogP contribution in [0.5, 0.6) is 5.75 Å². The molecule has 1 aliphatic carbocycles. The summed E-state index contributed by atoms with van der Waals surface area (Å²) in [5.41, 5.74) is 3.45. The molecule has 0 heterocycles. The molecule has 0 unspecified atom stereocenters. The van der Waals surface area contributed by atoms with Gasteiger partial charge in [0.2, 0.25) is 0 Å². The third-order valence-corrected chi connectivity index (χ3v) is 7.88. The average molecular weight is 509 g/mol. The largest absolute Gasteiger partial charge is 0.491 e. The maximum Gasteiger partial charge on any atom is 0.166 e. The molecule has 3 aromatic carbocycles. The third kappa shape index (κ3) is 6.97. The summed E-state index contributed by atoms with van der Waals surface area (Å²) in [6.07, 6.45) is 10.6. The van der Waals surface area contributed by atoms with Crippen molar-refractivity contribution in [1.82, 2.24) is 0 Å². The van der Waals surface area contributed by atoms with Crippen molar-refractivity contribution in [2.24, 2.45) is 5.92 Å². The average Bonchev–Trinajstić information content (AvgIpc) is 2.91. The molecule has 1 aliphatic rings. The van der Waals surface area contributed by atoms with E-state index in [4.69, 9.17) is 4.74 Å². The van der Waals surface area contributed by atoms with Gasteiger partial charge in [-0.2, -0.15) is 0 Å². The van der Waals surface area contributed by atoms with Crippen molar-refractivity contribution in [2.75, 3.05) is 6.61 Å². The Morgan fingerprint density at radius 3 is 2.14 bits per heavy atom. The van der Waals surface area contributed by atoms with Gasteiger partial charge in [0.1, 0.15) is 0 Å². The molecule has 0 N–H and O–H groups in total. The highest BCUT2D eigenvalue weighted by Gasteiger charge is 2.26. The minimum atomic E-state index is -0.750. The number of ether oxygens (including phenoxy) is 1. The van der Waals surface area contributed by atoms with Crippen molar-refractivity contribution in [1.29, 1.82) is 0 Å². The lowest BCUT2D eigenvalue weighted by Crippen LogP contribution is -2.15. The van der Waals surface area contributed by atoms with Crippen LogP contribution in [0.1, 0.15) is 87.8 Å². The molecule has 0 atom stereocenters. The van der Waals surface area contributed by atoms with Crippen LogP contribution in [0.3, 0.4) is 0 Å². The zero-order valence-corrected chi connectivity index (χ0v) is 22.2. The van der Waals surface area contributed by atoms with E-state index in [0.29, 0.717) is 29.7 Å². The van der Waals surface area contributed by atoms with Crippen LogP contribution in [0.2, 0.25) is 0 Å². The molecular weight excluding hydrogens is 469 g/mol. The van der Waals surface area contributed by atoms with Gasteiger partial charge >= 0.3 is 0 Å². The van der Waals surface area contributed by atoms with E-state index in [1.54, 1.807) is 18.2 Å². The van der Waals surface area contributed by atoms with Gasteiger partial charge in [-0.3, -0.25) is 0 Å². The van der Waals surface area contributed by atoms with Gasteiger partial charge in [-0.1, -0.05) is 75.1 Å². The third-order valence-electron chi connectivity index (χ3n) is 7.88. The zero-order chi connectivity index (χ0) is 26.2. The number of halogens is 3. The number of rotatable bonds is 11. The molecule has 4 rings (SSSR count). The number of hydrogen-bond acceptors (Lipinski definition) is 1. The van der Waals surface area contributed by atoms with Gasteiger partial charge < -0.3 is 4.74 Å². The fraction of sp³-hybridized carbons (Fsp3) is 0.455. The smallest absolute Gasteiger partial charge is 0.166 e. The molecule has 0 spiro atoms. The van der Waals surface area contributed by atoms with Gasteiger partial charge in [0.25, 0.3) is 0 Å². The van der Waals surface area contributed by atoms with Crippen LogP contribution in [-0.2, 0) is 12.8 Å². The fourth-order valence-corrected chi connectivity index (χ4v) is 5.66. The van der Waals surface area contributed by atoms with E-state index in [-0.39, 0.29) is 17.5 Å². The number of unbranched alkanes of at least 4 members (excludes halogenated alkanes) is 2. The van der Waals surface area contributed by atoms with E-state index in [0.717, 1.165) is 49.1 Å². The van der Waals surface area contributed by atoms with E-state index < -0.39 is 11.6 Å². The highest BCUT2D eigenvalue weighted by atomic mass is 19.2. The normalized spacial score (nSPS) is 17.6. The highest BCUT2D eigenvalue weighted by molar-refractivity contribution is 5.65. The van der Waals surface area contributed by atoms with Crippen LogP contribution in [-0.4, -0.2) is 6.61 Å². The van der Waals surface area contributed by atoms with E-state index in [1.807, 2.05) is 37.3 Å². The lowest BCUT2D eigenvalue weighted by atomic mass is 9.76. The molecule has 4 heteroatoms. The molecule has 0 amide bonds. The number of benzene rings is 3. The van der Waals surface area contributed by atoms with Gasteiger partial charge in [0.15, 0.2) is 23.2 Å². The minimum Gasteiger partial charge on any atom is -0.491 e. The Morgan fingerprint density at radius 1 is 0.757 bits per heavy atom.